The van der Waals surface area contributed by atoms with Gasteiger partial charge in [0.15, 0.2) is 0 Å². The van der Waals surface area contributed by atoms with Gasteiger partial charge < -0.3 is 10.4 Å². The number of hydrogen-bond acceptors (Lipinski definition) is 3. The summed E-state index contributed by atoms with van der Waals surface area (Å²) in [4.78, 5) is 13.9. The molecular weight excluding hydrogens is 276 g/mol. The summed E-state index contributed by atoms with van der Waals surface area (Å²) in [6.45, 7) is 2.01. The number of nitrogens with one attached hydrogen (secondary N) is 1. The zero-order valence-corrected chi connectivity index (χ0v) is 12.3. The van der Waals surface area contributed by atoms with Crippen LogP contribution >= 0.6 is 11.6 Å². The van der Waals surface area contributed by atoms with Crippen LogP contribution in [0.2, 0.25) is 5.02 Å². The number of rotatable bonds is 6. The number of aliphatic hydroxyl groups excluding tert-OH is 1. The highest BCUT2D eigenvalue weighted by molar-refractivity contribution is 6.30. The van der Waals surface area contributed by atoms with Gasteiger partial charge >= 0.3 is 0 Å². The lowest BCUT2D eigenvalue weighted by atomic mass is 10.1. The van der Waals surface area contributed by atoms with Gasteiger partial charge in [0.05, 0.1) is 13.2 Å². The third kappa shape index (κ3) is 4.47. The molecule has 1 aliphatic heterocycles. The second kappa shape index (κ2) is 7.62. The fraction of sp³-hybridized carbons (Fsp3) is 0.533. The van der Waals surface area contributed by atoms with Crippen LogP contribution in [0, 0.1) is 0 Å². The van der Waals surface area contributed by atoms with Crippen molar-refractivity contribution in [3.8, 4) is 0 Å². The maximum atomic E-state index is 11.9. The smallest absolute Gasteiger partial charge is 0.234 e. The Hall–Kier alpha value is -1.10. The number of benzene rings is 1. The first-order valence-corrected chi connectivity index (χ1v) is 7.43. The quantitative estimate of drug-likeness (QED) is 0.835. The average molecular weight is 297 g/mol. The monoisotopic (exact) mass is 296 g/mol. The van der Waals surface area contributed by atoms with Gasteiger partial charge in [0, 0.05) is 17.6 Å². The van der Waals surface area contributed by atoms with E-state index in [2.05, 4.69) is 10.2 Å². The molecule has 0 unspecified atom stereocenters. The van der Waals surface area contributed by atoms with Crippen molar-refractivity contribution in [1.82, 2.24) is 10.2 Å². The van der Waals surface area contributed by atoms with Gasteiger partial charge in [-0.25, -0.2) is 0 Å². The van der Waals surface area contributed by atoms with Crippen LogP contribution in [0.5, 0.6) is 0 Å². The largest absolute Gasteiger partial charge is 0.395 e. The summed E-state index contributed by atoms with van der Waals surface area (Å²) < 4.78 is 0. The van der Waals surface area contributed by atoms with Crippen molar-refractivity contribution < 1.29 is 9.90 Å². The standard InChI is InChI=1S/C15H21ClN2O2/c16-13-4-1-3-12(9-13)6-7-17-15(20)10-18-8-2-5-14(18)11-19/h1,3-4,9,14,19H,2,5-8,10-11H2,(H,17,20)/t14-/m1/s1. The Balaban J connectivity index is 1.70. The molecule has 1 aromatic carbocycles. The molecule has 1 aliphatic rings. The molecule has 1 atom stereocenters. The van der Waals surface area contributed by atoms with E-state index < -0.39 is 0 Å². The van der Waals surface area contributed by atoms with E-state index in [-0.39, 0.29) is 18.6 Å². The molecule has 1 aromatic rings. The third-order valence-corrected chi connectivity index (χ3v) is 3.92. The molecule has 0 spiro atoms. The normalized spacial score (nSPS) is 19.2. The Labute approximate surface area is 124 Å². The Morgan fingerprint density at radius 2 is 2.35 bits per heavy atom. The summed E-state index contributed by atoms with van der Waals surface area (Å²) in [5, 5.41) is 12.9. The first-order chi connectivity index (χ1) is 9.69. The van der Waals surface area contributed by atoms with Crippen molar-refractivity contribution in [3.63, 3.8) is 0 Å². The molecule has 0 radical (unpaired) electrons. The van der Waals surface area contributed by atoms with E-state index in [0.717, 1.165) is 36.4 Å². The third-order valence-electron chi connectivity index (χ3n) is 3.68. The number of amides is 1. The maximum Gasteiger partial charge on any atom is 0.234 e. The van der Waals surface area contributed by atoms with Crippen molar-refractivity contribution in [2.75, 3.05) is 26.2 Å². The lowest BCUT2D eigenvalue weighted by Crippen LogP contribution is -2.41. The number of nitrogens with zero attached hydrogens (tertiary/aromatic N) is 1. The van der Waals surface area contributed by atoms with Crippen LogP contribution in [0.15, 0.2) is 24.3 Å². The highest BCUT2D eigenvalue weighted by atomic mass is 35.5. The van der Waals surface area contributed by atoms with E-state index >= 15 is 0 Å². The van der Waals surface area contributed by atoms with Crippen LogP contribution in [-0.2, 0) is 11.2 Å². The van der Waals surface area contributed by atoms with E-state index in [0.29, 0.717) is 13.1 Å². The van der Waals surface area contributed by atoms with E-state index in [1.54, 1.807) is 0 Å². The summed E-state index contributed by atoms with van der Waals surface area (Å²) in [5.74, 6) is 0.0207. The van der Waals surface area contributed by atoms with Crippen molar-refractivity contribution in [3.05, 3.63) is 34.9 Å². The van der Waals surface area contributed by atoms with E-state index in [9.17, 15) is 9.90 Å². The zero-order valence-electron chi connectivity index (χ0n) is 11.5. The topological polar surface area (TPSA) is 52.6 Å². The molecule has 2 N–H and O–H groups in total. The van der Waals surface area contributed by atoms with Gasteiger partial charge in [-0.3, -0.25) is 9.69 Å². The summed E-state index contributed by atoms with van der Waals surface area (Å²) in [7, 11) is 0. The van der Waals surface area contributed by atoms with Gasteiger partial charge in [-0.05, 0) is 43.5 Å². The molecule has 0 aromatic heterocycles. The molecule has 1 fully saturated rings. The first-order valence-electron chi connectivity index (χ1n) is 7.05. The number of carbonyl (C=O) groups excluding carboxylic acids is 1. The lowest BCUT2D eigenvalue weighted by molar-refractivity contribution is -0.122. The molecule has 5 heteroatoms. The van der Waals surface area contributed by atoms with Crippen molar-refractivity contribution in [1.29, 1.82) is 0 Å². The molecule has 0 bridgehead atoms. The lowest BCUT2D eigenvalue weighted by Gasteiger charge is -2.21. The van der Waals surface area contributed by atoms with Gasteiger partial charge in [0.2, 0.25) is 5.91 Å². The number of aliphatic hydroxyl groups is 1. The summed E-state index contributed by atoms with van der Waals surface area (Å²) in [6, 6.07) is 7.81. The Bertz CT molecular complexity index is 453. The van der Waals surface area contributed by atoms with Gasteiger partial charge in [0.1, 0.15) is 0 Å². The van der Waals surface area contributed by atoms with Crippen LogP contribution < -0.4 is 5.32 Å². The highest BCUT2D eigenvalue weighted by Gasteiger charge is 2.25. The fourth-order valence-electron chi connectivity index (χ4n) is 2.59. The summed E-state index contributed by atoms with van der Waals surface area (Å²) in [5.41, 5.74) is 1.12. The van der Waals surface area contributed by atoms with Crippen molar-refractivity contribution >= 4 is 17.5 Å². The van der Waals surface area contributed by atoms with Crippen LogP contribution in [0.4, 0.5) is 0 Å². The van der Waals surface area contributed by atoms with E-state index in [1.807, 2.05) is 24.3 Å². The molecule has 0 saturated carbocycles. The van der Waals surface area contributed by atoms with Crippen LogP contribution in [0.25, 0.3) is 0 Å². The van der Waals surface area contributed by atoms with Gasteiger partial charge in [0.25, 0.3) is 0 Å². The Morgan fingerprint density at radius 3 is 3.10 bits per heavy atom. The molecule has 1 heterocycles. The number of halogens is 1. The maximum absolute atomic E-state index is 11.9. The number of hydrogen-bond donors (Lipinski definition) is 2. The van der Waals surface area contributed by atoms with Crippen LogP contribution in [-0.4, -0.2) is 48.2 Å². The minimum absolute atomic E-state index is 0.0207. The minimum Gasteiger partial charge on any atom is -0.395 e. The predicted molar refractivity (Wildman–Crippen MR) is 79.8 cm³/mol. The SMILES string of the molecule is O=C(CN1CCC[C@@H]1CO)NCCc1cccc(Cl)c1. The summed E-state index contributed by atoms with van der Waals surface area (Å²) >= 11 is 5.91. The Morgan fingerprint density at radius 1 is 1.50 bits per heavy atom. The van der Waals surface area contributed by atoms with E-state index in [1.165, 1.54) is 0 Å². The number of carbonyl (C=O) groups is 1. The Kier molecular flexibility index (Phi) is 5.83. The van der Waals surface area contributed by atoms with Gasteiger partial charge in [-0.1, -0.05) is 23.7 Å². The molecule has 1 amide bonds. The zero-order chi connectivity index (χ0) is 14.4. The van der Waals surface area contributed by atoms with Gasteiger partial charge in [-0.15, -0.1) is 0 Å². The minimum atomic E-state index is 0.0207. The van der Waals surface area contributed by atoms with E-state index in [4.69, 9.17) is 11.6 Å². The van der Waals surface area contributed by atoms with Gasteiger partial charge in [-0.2, -0.15) is 0 Å². The predicted octanol–water partition coefficient (Wildman–Crippen LogP) is 1.46. The second-order valence-electron chi connectivity index (χ2n) is 5.18. The summed E-state index contributed by atoms with van der Waals surface area (Å²) in [6.07, 6.45) is 2.81. The average Bonchev–Trinajstić information content (AvgIpc) is 2.86. The molecule has 20 heavy (non-hydrogen) atoms. The molecular formula is C15H21ClN2O2. The molecule has 4 nitrogen and oxygen atoms in total. The first kappa shape index (κ1) is 15.3. The molecule has 0 aliphatic carbocycles. The molecule has 2 rings (SSSR count). The molecule has 1 saturated heterocycles. The number of likely N-dealkylation sites (tertiary alicyclic amines) is 1. The second-order valence-corrected chi connectivity index (χ2v) is 5.62. The molecule has 110 valence electrons. The van der Waals surface area contributed by atoms with Crippen molar-refractivity contribution in [2.24, 2.45) is 0 Å². The van der Waals surface area contributed by atoms with Crippen LogP contribution in [0.3, 0.4) is 0 Å². The van der Waals surface area contributed by atoms with Crippen molar-refractivity contribution in [2.45, 2.75) is 25.3 Å². The highest BCUT2D eigenvalue weighted by Crippen LogP contribution is 2.15. The van der Waals surface area contributed by atoms with Crippen LogP contribution in [0.1, 0.15) is 18.4 Å². The fourth-order valence-corrected chi connectivity index (χ4v) is 2.80.